The lowest BCUT2D eigenvalue weighted by Gasteiger charge is -2.39. The maximum absolute atomic E-state index is 13.9. The van der Waals surface area contributed by atoms with Gasteiger partial charge in [0.05, 0.1) is 6.04 Å². The highest BCUT2D eigenvalue weighted by Crippen LogP contribution is 2.33. The van der Waals surface area contributed by atoms with E-state index in [-0.39, 0.29) is 18.0 Å². The van der Waals surface area contributed by atoms with Gasteiger partial charge in [0, 0.05) is 44.2 Å². The second kappa shape index (κ2) is 8.97. The van der Waals surface area contributed by atoms with Gasteiger partial charge in [-0.1, -0.05) is 18.2 Å². The Morgan fingerprint density at radius 2 is 2.03 bits per heavy atom. The van der Waals surface area contributed by atoms with Gasteiger partial charge in [-0.25, -0.2) is 14.6 Å². The summed E-state index contributed by atoms with van der Waals surface area (Å²) in [6, 6.07) is 8.22. The molecule has 2 amide bonds. The van der Waals surface area contributed by atoms with Crippen LogP contribution in [0.1, 0.15) is 43.1 Å². The third kappa shape index (κ3) is 4.13. The highest BCUT2D eigenvalue weighted by atomic mass is 16.4. The first-order valence-corrected chi connectivity index (χ1v) is 11.7. The van der Waals surface area contributed by atoms with Crippen molar-refractivity contribution in [2.75, 3.05) is 31.1 Å². The van der Waals surface area contributed by atoms with E-state index in [1.54, 1.807) is 13.2 Å². The average Bonchev–Trinajstić information content (AvgIpc) is 3.18. The Balaban J connectivity index is 1.43. The van der Waals surface area contributed by atoms with Crippen molar-refractivity contribution in [3.05, 3.63) is 52.5 Å². The van der Waals surface area contributed by atoms with E-state index in [1.807, 2.05) is 21.9 Å². The van der Waals surface area contributed by atoms with E-state index in [9.17, 15) is 9.59 Å². The summed E-state index contributed by atoms with van der Waals surface area (Å²) in [5.74, 6) is 0.805. The summed E-state index contributed by atoms with van der Waals surface area (Å²) in [6.07, 6.45) is 5.19. The normalized spacial score (nSPS) is 19.7. The van der Waals surface area contributed by atoms with Crippen LogP contribution in [-0.4, -0.2) is 57.9 Å². The monoisotopic (exact) mass is 450 g/mol. The molecule has 9 nitrogen and oxygen atoms in total. The number of urea groups is 1. The first kappa shape index (κ1) is 21.6. The molecule has 0 spiro atoms. The second-order valence-corrected chi connectivity index (χ2v) is 9.05. The van der Waals surface area contributed by atoms with Crippen LogP contribution in [0.3, 0.4) is 0 Å². The number of likely N-dealkylation sites (tertiary alicyclic amines) is 1. The lowest BCUT2D eigenvalue weighted by molar-refractivity contribution is 0.179. The summed E-state index contributed by atoms with van der Waals surface area (Å²) in [5.41, 5.74) is 1.11. The number of hydrogen-bond donors (Lipinski definition) is 1. The molecule has 3 aromatic rings. The van der Waals surface area contributed by atoms with Gasteiger partial charge < -0.3 is 14.6 Å². The van der Waals surface area contributed by atoms with Gasteiger partial charge in [0.2, 0.25) is 5.89 Å². The zero-order valence-corrected chi connectivity index (χ0v) is 19.2. The van der Waals surface area contributed by atoms with Crippen LogP contribution >= 0.6 is 0 Å². The fraction of sp³-hybridized carbons (Fsp3) is 0.500. The van der Waals surface area contributed by atoms with Crippen molar-refractivity contribution in [2.45, 2.75) is 44.6 Å². The van der Waals surface area contributed by atoms with Crippen molar-refractivity contribution in [3.63, 3.8) is 0 Å². The van der Waals surface area contributed by atoms with Crippen LogP contribution < -0.4 is 16.0 Å². The van der Waals surface area contributed by atoms with E-state index in [1.165, 1.54) is 4.68 Å². The summed E-state index contributed by atoms with van der Waals surface area (Å²) in [4.78, 5) is 34.2. The minimum absolute atomic E-state index is 0.00660. The third-order valence-electron chi connectivity index (χ3n) is 6.87. The number of benzene rings is 1. The number of fused-ring (bicyclic) bond motifs is 1. The number of aromatic nitrogens is 3. The van der Waals surface area contributed by atoms with E-state index >= 15 is 0 Å². The van der Waals surface area contributed by atoms with Gasteiger partial charge in [-0.05, 0) is 56.2 Å². The van der Waals surface area contributed by atoms with Crippen molar-refractivity contribution in [1.29, 1.82) is 0 Å². The molecule has 5 rings (SSSR count). The smallest absolute Gasteiger partial charge is 0.392 e. The maximum atomic E-state index is 13.9. The number of rotatable bonds is 3. The van der Waals surface area contributed by atoms with Gasteiger partial charge in [0.15, 0.2) is 0 Å². The molecule has 2 aromatic heterocycles. The van der Waals surface area contributed by atoms with Gasteiger partial charge in [-0.3, -0.25) is 4.90 Å². The van der Waals surface area contributed by atoms with Gasteiger partial charge in [0.1, 0.15) is 5.82 Å². The predicted octanol–water partition coefficient (Wildman–Crippen LogP) is 2.79. The lowest BCUT2D eigenvalue weighted by atomic mass is 9.97. The molecule has 1 aromatic carbocycles. The Morgan fingerprint density at radius 1 is 1.21 bits per heavy atom. The van der Waals surface area contributed by atoms with Gasteiger partial charge in [-0.15, -0.1) is 5.10 Å². The van der Waals surface area contributed by atoms with Crippen molar-refractivity contribution in [3.8, 4) is 0 Å². The van der Waals surface area contributed by atoms with Crippen molar-refractivity contribution in [2.24, 2.45) is 7.05 Å². The molecule has 2 saturated heterocycles. The zero-order valence-electron chi connectivity index (χ0n) is 19.2. The average molecular weight is 451 g/mol. The molecule has 0 saturated carbocycles. The van der Waals surface area contributed by atoms with Gasteiger partial charge in [0.25, 0.3) is 0 Å². The number of aryl methyl sites for hydroxylation is 2. The van der Waals surface area contributed by atoms with Crippen molar-refractivity contribution < 1.29 is 9.21 Å². The molecule has 2 aliphatic rings. The second-order valence-electron chi connectivity index (χ2n) is 9.05. The van der Waals surface area contributed by atoms with E-state index in [4.69, 9.17) is 9.40 Å². The number of hydrogen-bond acceptors (Lipinski definition) is 6. The number of carbonyl (C=O) groups excluding carboxylic acids is 1. The van der Waals surface area contributed by atoms with Crippen LogP contribution in [0.25, 0.3) is 10.8 Å². The van der Waals surface area contributed by atoms with Gasteiger partial charge >= 0.3 is 11.8 Å². The van der Waals surface area contributed by atoms with Crippen molar-refractivity contribution >= 4 is 22.6 Å². The first-order valence-electron chi connectivity index (χ1n) is 11.7. The molecule has 0 unspecified atom stereocenters. The molecular weight excluding hydrogens is 420 g/mol. The van der Waals surface area contributed by atoms with Crippen LogP contribution in [0.15, 0.2) is 39.7 Å². The van der Waals surface area contributed by atoms with Crippen LogP contribution in [0, 0.1) is 6.92 Å². The Morgan fingerprint density at radius 3 is 2.73 bits per heavy atom. The lowest BCUT2D eigenvalue weighted by Crippen LogP contribution is -2.55. The predicted molar refractivity (Wildman–Crippen MR) is 126 cm³/mol. The third-order valence-corrected chi connectivity index (χ3v) is 6.87. The van der Waals surface area contributed by atoms with Gasteiger partial charge in [-0.2, -0.15) is 4.68 Å². The number of amides is 2. The summed E-state index contributed by atoms with van der Waals surface area (Å²) >= 11 is 0. The van der Waals surface area contributed by atoms with E-state index < -0.39 is 5.76 Å². The van der Waals surface area contributed by atoms with Crippen LogP contribution in [0.5, 0.6) is 0 Å². The number of anilines is 1. The topological polar surface area (TPSA) is 96.5 Å². The Hall–Kier alpha value is -3.20. The summed E-state index contributed by atoms with van der Waals surface area (Å²) < 4.78 is 6.51. The molecule has 0 radical (unpaired) electrons. The molecule has 0 aliphatic carbocycles. The highest BCUT2D eigenvalue weighted by Gasteiger charge is 2.35. The molecule has 0 bridgehead atoms. The van der Waals surface area contributed by atoms with E-state index in [0.717, 1.165) is 48.1 Å². The molecule has 2 aliphatic heterocycles. The highest BCUT2D eigenvalue weighted by molar-refractivity contribution is 6.03. The molecular formula is C24H30N6O3. The maximum Gasteiger partial charge on any atom is 0.436 e. The standard InChI is InChI=1S/C24H30N6O3/c1-16-5-3-6-17-8-12-26-21(20(16)17)30(19-7-4-11-25-15-19)23(31)29-13-9-18(10-14-29)22-27-28(2)24(32)33-22/h3,5-6,8,12,18-19,25H,4,7,9-11,13-15H2,1-2H3/t19-/m1/s1. The van der Waals surface area contributed by atoms with E-state index in [0.29, 0.717) is 31.8 Å². The Labute approximate surface area is 192 Å². The van der Waals surface area contributed by atoms with Crippen LogP contribution in [-0.2, 0) is 7.05 Å². The SMILES string of the molecule is Cc1cccc2ccnc(N(C(=O)N3CCC(c4nn(C)c(=O)o4)CC3)[C@@H]3CCCNC3)c12. The largest absolute Gasteiger partial charge is 0.436 e. The molecule has 4 heterocycles. The molecule has 174 valence electrons. The molecule has 1 atom stereocenters. The Kier molecular flexibility index (Phi) is 5.88. The number of nitrogens with one attached hydrogen (secondary N) is 1. The zero-order chi connectivity index (χ0) is 22.9. The number of carbonyl (C=O) groups is 1. The van der Waals surface area contributed by atoms with E-state index in [2.05, 4.69) is 29.5 Å². The fourth-order valence-electron chi connectivity index (χ4n) is 5.04. The fourth-order valence-corrected chi connectivity index (χ4v) is 5.04. The molecule has 1 N–H and O–H groups in total. The minimum atomic E-state index is -0.447. The van der Waals surface area contributed by atoms with Crippen molar-refractivity contribution in [1.82, 2.24) is 25.0 Å². The molecule has 33 heavy (non-hydrogen) atoms. The molecule has 2 fully saturated rings. The number of nitrogens with zero attached hydrogens (tertiary/aromatic N) is 5. The van der Waals surface area contributed by atoms with Crippen LogP contribution in [0.4, 0.5) is 10.6 Å². The summed E-state index contributed by atoms with van der Waals surface area (Å²) in [5, 5.41) is 9.78. The number of piperidine rings is 2. The van der Waals surface area contributed by atoms with Crippen LogP contribution in [0.2, 0.25) is 0 Å². The quantitative estimate of drug-likeness (QED) is 0.659. The molecule has 9 heteroatoms. The summed E-state index contributed by atoms with van der Waals surface area (Å²) in [7, 11) is 1.59. The number of pyridine rings is 1. The summed E-state index contributed by atoms with van der Waals surface area (Å²) in [6.45, 7) is 4.97. The first-order chi connectivity index (χ1) is 16.0. The Bertz CT molecular complexity index is 1200. The minimum Gasteiger partial charge on any atom is -0.392 e.